The van der Waals surface area contributed by atoms with Crippen molar-refractivity contribution in [3.8, 4) is 23.7 Å². The summed E-state index contributed by atoms with van der Waals surface area (Å²) in [5.41, 5.74) is 6.50. The molecule has 0 radical (unpaired) electrons. The third-order valence-corrected chi connectivity index (χ3v) is 6.28. The van der Waals surface area contributed by atoms with Crippen molar-refractivity contribution >= 4 is 0 Å². The van der Waals surface area contributed by atoms with Crippen LogP contribution >= 0.6 is 0 Å². The number of ether oxygens (including phenoxy) is 1. The number of halogens is 3. The predicted molar refractivity (Wildman–Crippen MR) is 149 cm³/mol. The van der Waals surface area contributed by atoms with E-state index in [9.17, 15) is 13.2 Å². The number of unbranched alkanes of at least 4 members (excludes halogenated alkanes) is 5. The highest BCUT2D eigenvalue weighted by Gasteiger charge is 2.29. The van der Waals surface area contributed by atoms with Crippen molar-refractivity contribution in [3.63, 3.8) is 0 Å². The van der Waals surface area contributed by atoms with E-state index < -0.39 is 13.0 Å². The fraction of sp³-hybridized carbons (Fsp3) is 0.353. The lowest BCUT2D eigenvalue weighted by atomic mass is 9.93. The number of alkyl halides is 3. The molecule has 0 aliphatic carbocycles. The van der Waals surface area contributed by atoms with Crippen LogP contribution in [-0.2, 0) is 17.8 Å². The number of hydrogen-bond acceptors (Lipinski definition) is 1. The number of aryl methyl sites for hydroxylation is 3. The van der Waals surface area contributed by atoms with Gasteiger partial charge in [0.2, 0.25) is 0 Å². The molecule has 0 saturated heterocycles. The first kappa shape index (κ1) is 29.1. The van der Waals surface area contributed by atoms with Gasteiger partial charge in [0.25, 0.3) is 0 Å². The molecule has 0 aliphatic heterocycles. The monoisotopic (exact) mass is 516 g/mol. The molecule has 0 spiro atoms. The van der Waals surface area contributed by atoms with E-state index in [1.165, 1.54) is 19.3 Å². The van der Waals surface area contributed by atoms with Crippen LogP contribution in [0.4, 0.5) is 13.2 Å². The van der Waals surface area contributed by atoms with Crippen LogP contribution in [0.1, 0.15) is 90.0 Å². The Morgan fingerprint density at radius 2 is 1.13 bits per heavy atom. The lowest BCUT2D eigenvalue weighted by Crippen LogP contribution is -2.14. The highest BCUT2D eigenvalue weighted by atomic mass is 19.4. The molecule has 0 heterocycles. The highest BCUT2D eigenvalue weighted by molar-refractivity contribution is 5.56. The van der Waals surface area contributed by atoms with Gasteiger partial charge >= 0.3 is 6.36 Å². The van der Waals surface area contributed by atoms with E-state index in [0.29, 0.717) is 16.7 Å². The van der Waals surface area contributed by atoms with Gasteiger partial charge in [0.05, 0.1) is 6.61 Å². The van der Waals surface area contributed by atoms with Gasteiger partial charge in [-0.1, -0.05) is 98.1 Å². The second kappa shape index (κ2) is 14.5. The van der Waals surface area contributed by atoms with Gasteiger partial charge in [-0.05, 0) is 74.2 Å². The SMILES string of the molecule is CCCCCCCCc1cc(C#Cc2ccc(C)cc2)cc(COC(F)(F)F)c1C#Cc1ccc(C)cc1. The summed E-state index contributed by atoms with van der Waals surface area (Å²) in [5.74, 6) is 12.6. The van der Waals surface area contributed by atoms with E-state index in [0.717, 1.165) is 53.5 Å². The maximum absolute atomic E-state index is 13.0. The summed E-state index contributed by atoms with van der Waals surface area (Å²) >= 11 is 0. The Kier molecular flexibility index (Phi) is 11.1. The summed E-state index contributed by atoms with van der Waals surface area (Å²) in [6.45, 7) is 5.59. The van der Waals surface area contributed by atoms with Crippen molar-refractivity contribution in [3.05, 3.63) is 105 Å². The molecule has 198 valence electrons. The van der Waals surface area contributed by atoms with Gasteiger partial charge in [0.15, 0.2) is 0 Å². The predicted octanol–water partition coefficient (Wildman–Crippen LogP) is 9.04. The average molecular weight is 517 g/mol. The first-order valence-electron chi connectivity index (χ1n) is 13.3. The van der Waals surface area contributed by atoms with Gasteiger partial charge in [-0.3, -0.25) is 4.74 Å². The molecule has 0 fully saturated rings. The summed E-state index contributed by atoms with van der Waals surface area (Å²) < 4.78 is 43.3. The highest BCUT2D eigenvalue weighted by Crippen LogP contribution is 2.25. The van der Waals surface area contributed by atoms with Gasteiger partial charge in [-0.25, -0.2) is 0 Å². The van der Waals surface area contributed by atoms with E-state index in [1.54, 1.807) is 6.07 Å². The molecule has 0 aliphatic rings. The third-order valence-electron chi connectivity index (χ3n) is 6.28. The lowest BCUT2D eigenvalue weighted by molar-refractivity contribution is -0.330. The summed E-state index contributed by atoms with van der Waals surface area (Å²) in [6, 6.07) is 19.3. The summed E-state index contributed by atoms with van der Waals surface area (Å²) in [6.07, 6.45) is 2.75. The third kappa shape index (κ3) is 10.1. The lowest BCUT2D eigenvalue weighted by Gasteiger charge is -2.14. The summed E-state index contributed by atoms with van der Waals surface area (Å²) in [5, 5.41) is 0. The minimum atomic E-state index is -4.73. The van der Waals surface area contributed by atoms with Gasteiger partial charge in [0.1, 0.15) is 0 Å². The molecule has 3 rings (SSSR count). The Morgan fingerprint density at radius 1 is 0.632 bits per heavy atom. The molecule has 0 N–H and O–H groups in total. The van der Waals surface area contributed by atoms with Gasteiger partial charge in [-0.15, -0.1) is 13.2 Å². The van der Waals surface area contributed by atoms with Gasteiger partial charge in [-0.2, -0.15) is 0 Å². The molecular formula is C34H35F3O. The molecule has 0 saturated carbocycles. The molecule has 0 atom stereocenters. The molecule has 3 aromatic carbocycles. The summed E-state index contributed by atoms with van der Waals surface area (Å²) in [7, 11) is 0. The van der Waals surface area contributed by atoms with E-state index in [4.69, 9.17) is 0 Å². The minimum Gasteiger partial charge on any atom is -0.287 e. The fourth-order valence-corrected chi connectivity index (χ4v) is 4.12. The van der Waals surface area contributed by atoms with E-state index in [2.05, 4.69) is 35.3 Å². The first-order valence-corrected chi connectivity index (χ1v) is 13.3. The quantitative estimate of drug-likeness (QED) is 0.204. The first-order chi connectivity index (χ1) is 18.2. The number of rotatable bonds is 9. The van der Waals surface area contributed by atoms with Crippen LogP contribution in [0.25, 0.3) is 0 Å². The Hall–Kier alpha value is -3.47. The van der Waals surface area contributed by atoms with Crippen LogP contribution in [0.2, 0.25) is 0 Å². The Bertz CT molecular complexity index is 1300. The Balaban J connectivity index is 2.00. The zero-order valence-electron chi connectivity index (χ0n) is 22.5. The molecule has 1 nitrogen and oxygen atoms in total. The second-order valence-electron chi connectivity index (χ2n) is 9.65. The van der Waals surface area contributed by atoms with Crippen LogP contribution in [0.5, 0.6) is 0 Å². The molecule has 0 amide bonds. The van der Waals surface area contributed by atoms with Crippen LogP contribution in [0, 0.1) is 37.5 Å². The van der Waals surface area contributed by atoms with E-state index in [1.807, 2.05) is 68.4 Å². The molecular weight excluding hydrogens is 481 g/mol. The maximum atomic E-state index is 13.0. The second-order valence-corrected chi connectivity index (χ2v) is 9.65. The van der Waals surface area contributed by atoms with Crippen molar-refractivity contribution in [1.82, 2.24) is 0 Å². The normalized spacial score (nSPS) is 10.9. The van der Waals surface area contributed by atoms with E-state index >= 15 is 0 Å². The van der Waals surface area contributed by atoms with Crippen LogP contribution in [0.15, 0.2) is 60.7 Å². The molecule has 3 aromatic rings. The molecule has 0 aromatic heterocycles. The fourth-order valence-electron chi connectivity index (χ4n) is 4.12. The zero-order chi connectivity index (χ0) is 27.4. The van der Waals surface area contributed by atoms with Gasteiger partial charge < -0.3 is 0 Å². The summed E-state index contributed by atoms with van der Waals surface area (Å²) in [4.78, 5) is 0. The van der Waals surface area contributed by atoms with Crippen LogP contribution in [0.3, 0.4) is 0 Å². The van der Waals surface area contributed by atoms with Crippen molar-refractivity contribution in [2.75, 3.05) is 0 Å². The maximum Gasteiger partial charge on any atom is 0.522 e. The Labute approximate surface area is 225 Å². The molecule has 4 heteroatoms. The van der Waals surface area contributed by atoms with Crippen LogP contribution < -0.4 is 0 Å². The molecule has 0 unspecified atom stereocenters. The van der Waals surface area contributed by atoms with Gasteiger partial charge in [0, 0.05) is 22.3 Å². The minimum absolute atomic E-state index is 0.402. The van der Waals surface area contributed by atoms with Crippen LogP contribution in [-0.4, -0.2) is 6.36 Å². The van der Waals surface area contributed by atoms with Crippen molar-refractivity contribution in [1.29, 1.82) is 0 Å². The average Bonchev–Trinajstić information content (AvgIpc) is 2.89. The number of benzene rings is 3. The van der Waals surface area contributed by atoms with Crippen molar-refractivity contribution < 1.29 is 17.9 Å². The molecule has 0 bridgehead atoms. The van der Waals surface area contributed by atoms with E-state index in [-0.39, 0.29) is 0 Å². The largest absolute Gasteiger partial charge is 0.522 e. The standard InChI is InChI=1S/C34H35F3O/c1-4-5-6-7-8-9-10-31-23-30(20-19-28-15-11-26(2)12-16-28)24-32(25-38-34(35,36)37)33(31)22-21-29-17-13-27(3)14-18-29/h11-18,23-24H,4-10,25H2,1-3H3. The van der Waals surface area contributed by atoms with Crippen molar-refractivity contribution in [2.45, 2.75) is 78.7 Å². The smallest absolute Gasteiger partial charge is 0.287 e. The topological polar surface area (TPSA) is 9.23 Å². The Morgan fingerprint density at radius 3 is 1.71 bits per heavy atom. The molecule has 38 heavy (non-hydrogen) atoms. The van der Waals surface area contributed by atoms with Crippen molar-refractivity contribution in [2.24, 2.45) is 0 Å². The number of hydrogen-bond donors (Lipinski definition) is 0. The zero-order valence-corrected chi connectivity index (χ0v) is 22.5.